The highest BCUT2D eigenvalue weighted by atomic mass is 16.6. The molecule has 0 aromatic heterocycles. The molecule has 3 heteroatoms. The maximum atomic E-state index is 10.7. The highest BCUT2D eigenvalue weighted by molar-refractivity contribution is 5.70. The van der Waals surface area contributed by atoms with Crippen LogP contribution in [0.5, 0.6) is 0 Å². The van der Waals surface area contributed by atoms with E-state index in [1.54, 1.807) is 0 Å². The lowest BCUT2D eigenvalue weighted by Crippen LogP contribution is -2.42. The van der Waals surface area contributed by atoms with Gasteiger partial charge in [0, 0.05) is 0 Å². The summed E-state index contributed by atoms with van der Waals surface area (Å²) in [7, 11) is 0. The van der Waals surface area contributed by atoms with Crippen LogP contribution in [0.3, 0.4) is 0 Å². The first-order valence-electron chi connectivity index (χ1n) is 3.66. The van der Waals surface area contributed by atoms with Crippen molar-refractivity contribution in [2.45, 2.75) is 25.3 Å². The van der Waals surface area contributed by atoms with Crippen LogP contribution in [-0.4, -0.2) is 18.2 Å². The van der Waals surface area contributed by atoms with Gasteiger partial charge in [0.2, 0.25) is 0 Å². The number of alkyl carbamates (subject to hydrolysis) is 1. The fourth-order valence-electron chi connectivity index (χ4n) is 1.46. The Morgan fingerprint density at radius 2 is 2.40 bits per heavy atom. The number of carbonyl (C=O) groups is 1. The number of hydrogen-bond donors (Lipinski definition) is 1. The SMILES string of the molecule is C[C@@]1(C2CC2)COC(=O)N1. The molecule has 56 valence electrons. The van der Waals surface area contributed by atoms with Crippen LogP contribution in [0.4, 0.5) is 4.79 Å². The molecule has 1 aliphatic heterocycles. The Balaban J connectivity index is 2.08. The van der Waals surface area contributed by atoms with Gasteiger partial charge >= 0.3 is 6.09 Å². The van der Waals surface area contributed by atoms with Gasteiger partial charge in [0.05, 0.1) is 5.54 Å². The second-order valence-electron chi connectivity index (χ2n) is 3.39. The van der Waals surface area contributed by atoms with E-state index in [1.807, 2.05) is 0 Å². The molecule has 0 spiro atoms. The second kappa shape index (κ2) is 1.65. The molecule has 1 saturated carbocycles. The third-order valence-electron chi connectivity index (χ3n) is 2.37. The minimum absolute atomic E-state index is 0.0446. The summed E-state index contributed by atoms with van der Waals surface area (Å²) in [5.74, 6) is 0.666. The topological polar surface area (TPSA) is 38.3 Å². The van der Waals surface area contributed by atoms with E-state index in [4.69, 9.17) is 4.74 Å². The number of ether oxygens (including phenoxy) is 1. The molecule has 1 N–H and O–H groups in total. The van der Waals surface area contributed by atoms with Crippen molar-refractivity contribution >= 4 is 6.09 Å². The Labute approximate surface area is 59.7 Å². The first kappa shape index (κ1) is 6.01. The van der Waals surface area contributed by atoms with Crippen molar-refractivity contribution in [1.29, 1.82) is 0 Å². The molecule has 3 nitrogen and oxygen atoms in total. The molecule has 0 unspecified atom stereocenters. The quantitative estimate of drug-likeness (QED) is 0.589. The van der Waals surface area contributed by atoms with Crippen LogP contribution >= 0.6 is 0 Å². The van der Waals surface area contributed by atoms with E-state index < -0.39 is 0 Å². The number of hydrogen-bond acceptors (Lipinski definition) is 2. The number of nitrogens with one attached hydrogen (secondary N) is 1. The van der Waals surface area contributed by atoms with Gasteiger partial charge in [-0.15, -0.1) is 0 Å². The zero-order valence-electron chi connectivity index (χ0n) is 6.02. The van der Waals surface area contributed by atoms with Crippen LogP contribution in [0.2, 0.25) is 0 Å². The molecule has 0 aromatic rings. The van der Waals surface area contributed by atoms with E-state index in [9.17, 15) is 4.79 Å². The molecule has 1 amide bonds. The van der Waals surface area contributed by atoms with Crippen molar-refractivity contribution < 1.29 is 9.53 Å². The van der Waals surface area contributed by atoms with Crippen LogP contribution in [0.25, 0.3) is 0 Å². The molecule has 0 radical (unpaired) electrons. The Bertz CT molecular complexity index is 176. The molecule has 2 aliphatic rings. The highest BCUT2D eigenvalue weighted by Gasteiger charge is 2.47. The summed E-state index contributed by atoms with van der Waals surface area (Å²) < 4.78 is 4.82. The van der Waals surface area contributed by atoms with Gasteiger partial charge in [0.25, 0.3) is 0 Å². The van der Waals surface area contributed by atoms with Crippen LogP contribution < -0.4 is 5.32 Å². The maximum absolute atomic E-state index is 10.7. The molecule has 1 aliphatic carbocycles. The summed E-state index contributed by atoms with van der Waals surface area (Å²) in [4.78, 5) is 10.7. The van der Waals surface area contributed by atoms with E-state index in [-0.39, 0.29) is 11.6 Å². The Morgan fingerprint density at radius 1 is 1.70 bits per heavy atom. The molecule has 1 saturated heterocycles. The van der Waals surface area contributed by atoms with Gasteiger partial charge in [-0.1, -0.05) is 0 Å². The van der Waals surface area contributed by atoms with Gasteiger partial charge < -0.3 is 10.1 Å². The fourth-order valence-corrected chi connectivity index (χ4v) is 1.46. The first-order chi connectivity index (χ1) is 4.71. The molecule has 1 atom stereocenters. The summed E-state index contributed by atoms with van der Waals surface area (Å²) in [5, 5.41) is 2.83. The molecule has 10 heavy (non-hydrogen) atoms. The third kappa shape index (κ3) is 0.770. The highest BCUT2D eigenvalue weighted by Crippen LogP contribution is 2.41. The fraction of sp³-hybridized carbons (Fsp3) is 0.857. The van der Waals surface area contributed by atoms with Crippen molar-refractivity contribution in [2.75, 3.05) is 6.61 Å². The molecule has 0 bridgehead atoms. The zero-order chi connectivity index (χ0) is 7.19. The summed E-state index contributed by atoms with van der Waals surface area (Å²) >= 11 is 0. The lowest BCUT2D eigenvalue weighted by molar-refractivity contribution is 0.171. The van der Waals surface area contributed by atoms with Gasteiger partial charge in [0.1, 0.15) is 6.61 Å². The lowest BCUT2D eigenvalue weighted by Gasteiger charge is -2.19. The first-order valence-corrected chi connectivity index (χ1v) is 3.66. The standard InChI is InChI=1S/C7H11NO2/c1-7(5-2-3-5)4-10-6(9)8-7/h5H,2-4H2,1H3,(H,8,9)/t7-/m0/s1. The number of rotatable bonds is 1. The molecule has 0 aromatic carbocycles. The van der Waals surface area contributed by atoms with Crippen molar-refractivity contribution in [2.24, 2.45) is 5.92 Å². The van der Waals surface area contributed by atoms with E-state index in [2.05, 4.69) is 12.2 Å². The van der Waals surface area contributed by atoms with Crippen LogP contribution in [-0.2, 0) is 4.74 Å². The Kier molecular flexibility index (Phi) is 0.993. The smallest absolute Gasteiger partial charge is 0.407 e. The maximum Gasteiger partial charge on any atom is 0.407 e. The molecular formula is C7H11NO2. The van der Waals surface area contributed by atoms with Crippen molar-refractivity contribution in [1.82, 2.24) is 5.32 Å². The van der Waals surface area contributed by atoms with Gasteiger partial charge in [-0.3, -0.25) is 0 Å². The van der Waals surface area contributed by atoms with Gasteiger partial charge in [-0.2, -0.15) is 0 Å². The number of amides is 1. The van der Waals surface area contributed by atoms with Gasteiger partial charge in [-0.05, 0) is 25.7 Å². The van der Waals surface area contributed by atoms with E-state index in [0.29, 0.717) is 12.5 Å². The average molecular weight is 141 g/mol. The van der Waals surface area contributed by atoms with Crippen LogP contribution in [0.1, 0.15) is 19.8 Å². The minimum atomic E-state index is -0.255. The predicted molar refractivity (Wildman–Crippen MR) is 35.6 cm³/mol. The molecular weight excluding hydrogens is 130 g/mol. The van der Waals surface area contributed by atoms with Crippen molar-refractivity contribution in [3.63, 3.8) is 0 Å². The van der Waals surface area contributed by atoms with E-state index in [1.165, 1.54) is 12.8 Å². The van der Waals surface area contributed by atoms with Gasteiger partial charge in [0.15, 0.2) is 0 Å². The average Bonchev–Trinajstić information content (AvgIpc) is 2.62. The normalized spacial score (nSPS) is 39.1. The lowest BCUT2D eigenvalue weighted by atomic mass is 9.98. The third-order valence-corrected chi connectivity index (χ3v) is 2.37. The number of carbonyl (C=O) groups excluding carboxylic acids is 1. The summed E-state index contributed by atoms with van der Waals surface area (Å²) in [6, 6.07) is 0. The van der Waals surface area contributed by atoms with Crippen LogP contribution in [0.15, 0.2) is 0 Å². The van der Waals surface area contributed by atoms with Crippen molar-refractivity contribution in [3.05, 3.63) is 0 Å². The zero-order valence-corrected chi connectivity index (χ0v) is 6.02. The van der Waals surface area contributed by atoms with E-state index >= 15 is 0 Å². The van der Waals surface area contributed by atoms with E-state index in [0.717, 1.165) is 0 Å². The van der Waals surface area contributed by atoms with Crippen LogP contribution in [0, 0.1) is 5.92 Å². The summed E-state index contributed by atoms with van der Waals surface area (Å²) in [6.45, 7) is 2.60. The number of cyclic esters (lactones) is 1. The summed E-state index contributed by atoms with van der Waals surface area (Å²) in [6.07, 6.45) is 2.22. The molecule has 1 heterocycles. The monoisotopic (exact) mass is 141 g/mol. The predicted octanol–water partition coefficient (Wildman–Crippen LogP) is 0.895. The van der Waals surface area contributed by atoms with Gasteiger partial charge in [-0.25, -0.2) is 4.79 Å². The Morgan fingerprint density at radius 3 is 2.80 bits per heavy atom. The minimum Gasteiger partial charge on any atom is -0.447 e. The molecule has 2 fully saturated rings. The Hall–Kier alpha value is -0.730. The molecule has 2 rings (SSSR count). The summed E-state index contributed by atoms with van der Waals surface area (Å²) in [5.41, 5.74) is -0.0446. The second-order valence-corrected chi connectivity index (χ2v) is 3.39. The van der Waals surface area contributed by atoms with Crippen molar-refractivity contribution in [3.8, 4) is 0 Å². The largest absolute Gasteiger partial charge is 0.447 e.